The molecule has 3 aromatic rings. The van der Waals surface area contributed by atoms with Gasteiger partial charge in [-0.05, 0) is 61.4 Å². The summed E-state index contributed by atoms with van der Waals surface area (Å²) in [4.78, 5) is 25.4. The van der Waals surface area contributed by atoms with Crippen molar-refractivity contribution < 1.29 is 18.0 Å². The maximum absolute atomic E-state index is 12.9. The molecule has 0 spiro atoms. The molecule has 0 aromatic heterocycles. The first-order valence-corrected chi connectivity index (χ1v) is 13.3. The number of sulfonamides is 1. The van der Waals surface area contributed by atoms with Gasteiger partial charge in [0.2, 0.25) is 10.0 Å². The zero-order chi connectivity index (χ0) is 25.6. The summed E-state index contributed by atoms with van der Waals surface area (Å²) in [7, 11) is -3.57. The van der Waals surface area contributed by atoms with Gasteiger partial charge < -0.3 is 10.6 Å². The Kier molecular flexibility index (Phi) is 8.53. The number of para-hydroxylation sites is 1. The molecule has 2 N–H and O–H groups in total. The van der Waals surface area contributed by atoms with Crippen molar-refractivity contribution in [2.24, 2.45) is 0 Å². The number of carbonyl (C=O) groups excluding carboxylic acids is 2. The molecule has 1 atom stereocenters. The highest BCUT2D eigenvalue weighted by Crippen LogP contribution is 2.24. The number of carbonyl (C=O) groups is 2. The Bertz CT molecular complexity index is 1310. The number of hydrogen-bond donors (Lipinski definition) is 2. The summed E-state index contributed by atoms with van der Waals surface area (Å²) in [5.41, 5.74) is 2.31. The molecular formula is C26H28ClN3O4S. The van der Waals surface area contributed by atoms with Crippen LogP contribution in [-0.2, 0) is 16.6 Å². The molecule has 9 heteroatoms. The van der Waals surface area contributed by atoms with E-state index in [0.717, 1.165) is 12.7 Å². The van der Waals surface area contributed by atoms with Gasteiger partial charge in [0.1, 0.15) is 0 Å². The molecule has 0 aliphatic heterocycles. The monoisotopic (exact) mass is 513 g/mol. The normalized spacial score (nSPS) is 12.0. The molecule has 0 aliphatic rings. The van der Waals surface area contributed by atoms with Gasteiger partial charge in [0, 0.05) is 16.6 Å². The Balaban J connectivity index is 1.76. The van der Waals surface area contributed by atoms with Crippen LogP contribution in [0.1, 0.15) is 46.5 Å². The fraction of sp³-hybridized carbons (Fsp3) is 0.231. The third kappa shape index (κ3) is 7.07. The van der Waals surface area contributed by atoms with E-state index in [4.69, 9.17) is 11.6 Å². The SMILES string of the molecule is CC[C@H](C)NC(=O)c1ccccc1NC(=O)c1ccc(CN(c2cccc(Cl)c2)S(C)(=O)=O)cc1. The number of halogens is 1. The molecule has 2 amide bonds. The fourth-order valence-corrected chi connectivity index (χ4v) is 4.41. The third-order valence-electron chi connectivity index (χ3n) is 5.45. The van der Waals surface area contributed by atoms with E-state index in [2.05, 4.69) is 10.6 Å². The first-order chi connectivity index (χ1) is 16.6. The lowest BCUT2D eigenvalue weighted by Crippen LogP contribution is -2.32. The van der Waals surface area contributed by atoms with Crippen molar-refractivity contribution in [2.75, 3.05) is 15.9 Å². The van der Waals surface area contributed by atoms with Crippen molar-refractivity contribution in [1.82, 2.24) is 5.32 Å². The molecule has 0 bridgehead atoms. The van der Waals surface area contributed by atoms with Crippen molar-refractivity contribution in [2.45, 2.75) is 32.9 Å². The van der Waals surface area contributed by atoms with Gasteiger partial charge in [-0.2, -0.15) is 0 Å². The first-order valence-electron chi connectivity index (χ1n) is 11.1. The molecule has 0 aliphatic carbocycles. The number of rotatable bonds is 9. The van der Waals surface area contributed by atoms with Gasteiger partial charge in [-0.1, -0.05) is 48.9 Å². The summed E-state index contributed by atoms with van der Waals surface area (Å²) < 4.78 is 26.0. The Morgan fingerprint density at radius 2 is 1.66 bits per heavy atom. The van der Waals surface area contributed by atoms with Crippen LogP contribution in [0.3, 0.4) is 0 Å². The van der Waals surface area contributed by atoms with Crippen molar-refractivity contribution in [3.8, 4) is 0 Å². The minimum absolute atomic E-state index is 0.0113. The smallest absolute Gasteiger partial charge is 0.255 e. The van der Waals surface area contributed by atoms with Gasteiger partial charge in [0.05, 0.1) is 29.7 Å². The molecule has 0 unspecified atom stereocenters. The van der Waals surface area contributed by atoms with E-state index in [1.54, 1.807) is 72.8 Å². The van der Waals surface area contributed by atoms with E-state index in [1.807, 2.05) is 13.8 Å². The summed E-state index contributed by atoms with van der Waals surface area (Å²) in [6.45, 7) is 3.98. The number of amides is 2. The van der Waals surface area contributed by atoms with Gasteiger partial charge in [0.25, 0.3) is 11.8 Å². The lowest BCUT2D eigenvalue weighted by molar-refractivity contribution is 0.0940. The third-order valence-corrected chi connectivity index (χ3v) is 6.82. The van der Waals surface area contributed by atoms with Gasteiger partial charge in [-0.3, -0.25) is 13.9 Å². The van der Waals surface area contributed by atoms with Crippen LogP contribution in [0.4, 0.5) is 11.4 Å². The maximum Gasteiger partial charge on any atom is 0.255 e. The topological polar surface area (TPSA) is 95.6 Å². The van der Waals surface area contributed by atoms with Crippen LogP contribution in [0.2, 0.25) is 5.02 Å². The van der Waals surface area contributed by atoms with Crippen molar-refractivity contribution in [3.05, 3.63) is 94.5 Å². The summed E-state index contributed by atoms with van der Waals surface area (Å²) in [5, 5.41) is 6.13. The minimum atomic E-state index is -3.57. The van der Waals surface area contributed by atoms with Gasteiger partial charge in [-0.25, -0.2) is 8.42 Å². The van der Waals surface area contributed by atoms with Crippen molar-refractivity contribution >= 4 is 44.8 Å². The minimum Gasteiger partial charge on any atom is -0.350 e. The predicted octanol–water partition coefficient (Wildman–Crippen LogP) is 5.09. The summed E-state index contributed by atoms with van der Waals surface area (Å²) in [5.74, 6) is -0.636. The average molecular weight is 514 g/mol. The lowest BCUT2D eigenvalue weighted by Gasteiger charge is -2.23. The molecule has 7 nitrogen and oxygen atoms in total. The second-order valence-corrected chi connectivity index (χ2v) is 10.6. The molecule has 0 heterocycles. The van der Waals surface area contributed by atoms with E-state index in [9.17, 15) is 18.0 Å². The van der Waals surface area contributed by atoms with E-state index in [0.29, 0.717) is 33.1 Å². The fourth-order valence-electron chi connectivity index (χ4n) is 3.35. The van der Waals surface area contributed by atoms with Crippen LogP contribution in [0.15, 0.2) is 72.8 Å². The van der Waals surface area contributed by atoms with Crippen molar-refractivity contribution in [1.29, 1.82) is 0 Å². The second-order valence-electron chi connectivity index (χ2n) is 8.23. The summed E-state index contributed by atoms with van der Waals surface area (Å²) in [6, 6.07) is 20.1. The molecule has 184 valence electrons. The van der Waals surface area contributed by atoms with E-state index in [-0.39, 0.29) is 24.4 Å². The Hall–Kier alpha value is -3.36. The van der Waals surface area contributed by atoms with Crippen LogP contribution in [0, 0.1) is 0 Å². The standard InChI is InChI=1S/C26H28ClN3O4S/c1-4-18(2)28-26(32)23-10-5-6-11-24(23)29-25(31)20-14-12-19(13-15-20)17-30(35(3,33)34)22-9-7-8-21(27)16-22/h5-16,18H,4,17H2,1-3H3,(H,28,32)(H,29,31)/t18-/m0/s1. The lowest BCUT2D eigenvalue weighted by atomic mass is 10.1. The number of hydrogen-bond acceptors (Lipinski definition) is 4. The zero-order valence-electron chi connectivity index (χ0n) is 19.8. The number of nitrogens with one attached hydrogen (secondary N) is 2. The van der Waals surface area contributed by atoms with Crippen LogP contribution in [0.25, 0.3) is 0 Å². The number of nitrogens with zero attached hydrogens (tertiary/aromatic N) is 1. The van der Waals surface area contributed by atoms with E-state index in [1.165, 1.54) is 4.31 Å². The molecule has 0 saturated carbocycles. The molecule has 0 fully saturated rings. The highest BCUT2D eigenvalue weighted by Gasteiger charge is 2.19. The molecular weight excluding hydrogens is 486 g/mol. The second kappa shape index (κ2) is 11.4. The van der Waals surface area contributed by atoms with Crippen LogP contribution >= 0.6 is 11.6 Å². The van der Waals surface area contributed by atoms with Crippen LogP contribution < -0.4 is 14.9 Å². The maximum atomic E-state index is 12.9. The Labute approximate surface area is 211 Å². The first kappa shape index (κ1) is 26.2. The molecule has 0 radical (unpaired) electrons. The molecule has 35 heavy (non-hydrogen) atoms. The van der Waals surface area contributed by atoms with Crippen LogP contribution in [0.5, 0.6) is 0 Å². The van der Waals surface area contributed by atoms with Crippen LogP contribution in [-0.4, -0.2) is 32.5 Å². The largest absolute Gasteiger partial charge is 0.350 e. The molecule has 0 saturated heterocycles. The van der Waals surface area contributed by atoms with E-state index >= 15 is 0 Å². The predicted molar refractivity (Wildman–Crippen MR) is 141 cm³/mol. The van der Waals surface area contributed by atoms with Crippen molar-refractivity contribution in [3.63, 3.8) is 0 Å². The van der Waals surface area contributed by atoms with E-state index < -0.39 is 10.0 Å². The van der Waals surface area contributed by atoms with Gasteiger partial charge >= 0.3 is 0 Å². The Morgan fingerprint density at radius 3 is 2.29 bits per heavy atom. The zero-order valence-corrected chi connectivity index (χ0v) is 21.4. The highest BCUT2D eigenvalue weighted by molar-refractivity contribution is 7.92. The number of benzene rings is 3. The molecule has 3 rings (SSSR count). The highest BCUT2D eigenvalue weighted by atomic mass is 35.5. The average Bonchev–Trinajstić information content (AvgIpc) is 2.82. The summed E-state index contributed by atoms with van der Waals surface area (Å²) in [6.07, 6.45) is 1.92. The number of anilines is 2. The Morgan fingerprint density at radius 1 is 0.971 bits per heavy atom. The quantitative estimate of drug-likeness (QED) is 0.416. The summed E-state index contributed by atoms with van der Waals surface area (Å²) >= 11 is 6.04. The van der Waals surface area contributed by atoms with Gasteiger partial charge in [-0.15, -0.1) is 0 Å². The van der Waals surface area contributed by atoms with Gasteiger partial charge in [0.15, 0.2) is 0 Å². The molecule has 3 aromatic carbocycles.